The van der Waals surface area contributed by atoms with E-state index in [1.165, 1.54) is 0 Å². The van der Waals surface area contributed by atoms with Crippen molar-refractivity contribution in [3.05, 3.63) is 29.3 Å². The fourth-order valence-corrected chi connectivity index (χ4v) is 2.01. The Hall–Kier alpha value is -1.35. The van der Waals surface area contributed by atoms with Crippen LogP contribution in [-0.2, 0) is 0 Å². The van der Waals surface area contributed by atoms with Crippen LogP contribution >= 0.6 is 0 Å². The summed E-state index contributed by atoms with van der Waals surface area (Å²) in [6.45, 7) is 8.66. The predicted molar refractivity (Wildman–Crippen MR) is 76.9 cm³/mol. The number of hydrogen-bond acceptors (Lipinski definition) is 3. The number of benzene rings is 1. The van der Waals surface area contributed by atoms with Gasteiger partial charge in [-0.1, -0.05) is 26.0 Å². The van der Waals surface area contributed by atoms with E-state index in [1.807, 2.05) is 19.1 Å². The van der Waals surface area contributed by atoms with Crippen LogP contribution in [0.5, 0.6) is 0 Å². The first-order chi connectivity index (χ1) is 8.58. The second kappa shape index (κ2) is 7.17. The van der Waals surface area contributed by atoms with Crippen molar-refractivity contribution in [3.8, 4) is 0 Å². The number of aryl methyl sites for hydroxylation is 1. The van der Waals surface area contributed by atoms with Crippen LogP contribution in [-0.4, -0.2) is 30.3 Å². The van der Waals surface area contributed by atoms with Gasteiger partial charge in [0.2, 0.25) is 0 Å². The summed E-state index contributed by atoms with van der Waals surface area (Å²) >= 11 is 0. The van der Waals surface area contributed by atoms with Crippen molar-refractivity contribution < 1.29 is 4.79 Å². The first-order valence-electron chi connectivity index (χ1n) is 6.70. The van der Waals surface area contributed by atoms with E-state index in [2.05, 4.69) is 18.7 Å². The zero-order valence-corrected chi connectivity index (χ0v) is 11.7. The maximum Gasteiger partial charge on any atom is 0.176 e. The standard InChI is InChI=1S/C15H24N2O/c1-4-8-17(9-5-2)11-15(18)13-7-6-12(3)14(16)10-13/h6-7,10H,4-5,8-9,11,16H2,1-3H3. The Morgan fingerprint density at radius 1 is 1.22 bits per heavy atom. The molecule has 18 heavy (non-hydrogen) atoms. The summed E-state index contributed by atoms with van der Waals surface area (Å²) in [5.41, 5.74) is 8.27. The molecule has 0 atom stereocenters. The maximum atomic E-state index is 12.2. The number of nitrogens with zero attached hydrogens (tertiary/aromatic N) is 1. The van der Waals surface area contributed by atoms with Crippen molar-refractivity contribution >= 4 is 11.5 Å². The van der Waals surface area contributed by atoms with E-state index >= 15 is 0 Å². The molecule has 0 spiro atoms. The normalized spacial score (nSPS) is 10.9. The summed E-state index contributed by atoms with van der Waals surface area (Å²) < 4.78 is 0. The zero-order valence-electron chi connectivity index (χ0n) is 11.7. The number of anilines is 1. The molecule has 0 aromatic heterocycles. The Kier molecular flexibility index (Phi) is 5.86. The molecule has 0 saturated heterocycles. The minimum absolute atomic E-state index is 0.156. The SMILES string of the molecule is CCCN(CCC)CC(=O)c1ccc(C)c(N)c1. The molecule has 1 rings (SSSR count). The maximum absolute atomic E-state index is 12.2. The number of nitrogen functional groups attached to an aromatic ring is 1. The molecule has 3 nitrogen and oxygen atoms in total. The largest absolute Gasteiger partial charge is 0.398 e. The third-order valence-corrected chi connectivity index (χ3v) is 3.05. The third kappa shape index (κ3) is 4.15. The number of ketones is 1. The summed E-state index contributed by atoms with van der Waals surface area (Å²) in [6.07, 6.45) is 2.15. The summed E-state index contributed by atoms with van der Waals surface area (Å²) in [5, 5.41) is 0. The van der Waals surface area contributed by atoms with E-state index in [4.69, 9.17) is 5.73 Å². The Labute approximate surface area is 110 Å². The van der Waals surface area contributed by atoms with E-state index in [9.17, 15) is 4.79 Å². The first kappa shape index (κ1) is 14.7. The van der Waals surface area contributed by atoms with Gasteiger partial charge in [0, 0.05) is 11.3 Å². The smallest absolute Gasteiger partial charge is 0.176 e. The quantitative estimate of drug-likeness (QED) is 0.596. The summed E-state index contributed by atoms with van der Waals surface area (Å²) in [5.74, 6) is 0.156. The van der Waals surface area contributed by atoms with Gasteiger partial charge in [-0.05, 0) is 44.5 Å². The highest BCUT2D eigenvalue weighted by molar-refractivity contribution is 5.98. The number of carbonyl (C=O) groups excluding carboxylic acids is 1. The Morgan fingerprint density at radius 2 is 1.83 bits per heavy atom. The molecule has 0 amide bonds. The second-order valence-corrected chi connectivity index (χ2v) is 4.77. The zero-order chi connectivity index (χ0) is 13.5. The van der Waals surface area contributed by atoms with Gasteiger partial charge in [-0.3, -0.25) is 9.69 Å². The van der Waals surface area contributed by atoms with Crippen LogP contribution in [0.15, 0.2) is 18.2 Å². The van der Waals surface area contributed by atoms with Gasteiger partial charge >= 0.3 is 0 Å². The number of rotatable bonds is 7. The first-order valence-corrected chi connectivity index (χ1v) is 6.70. The lowest BCUT2D eigenvalue weighted by Crippen LogP contribution is -2.31. The molecule has 1 aromatic carbocycles. The number of carbonyl (C=O) groups is 1. The van der Waals surface area contributed by atoms with Crippen molar-refractivity contribution in [3.63, 3.8) is 0 Å². The lowest BCUT2D eigenvalue weighted by molar-refractivity contribution is 0.0930. The molecular weight excluding hydrogens is 224 g/mol. The van der Waals surface area contributed by atoms with Crippen molar-refractivity contribution in [1.29, 1.82) is 0 Å². The highest BCUT2D eigenvalue weighted by Gasteiger charge is 2.12. The monoisotopic (exact) mass is 248 g/mol. The van der Waals surface area contributed by atoms with Crippen LogP contribution in [0.1, 0.15) is 42.6 Å². The van der Waals surface area contributed by atoms with Crippen molar-refractivity contribution in [2.24, 2.45) is 0 Å². The van der Waals surface area contributed by atoms with E-state index in [0.29, 0.717) is 12.2 Å². The highest BCUT2D eigenvalue weighted by atomic mass is 16.1. The molecule has 0 aliphatic carbocycles. The Bertz CT molecular complexity index is 395. The number of Topliss-reactive ketones (excluding diaryl/α,β-unsaturated/α-hetero) is 1. The van der Waals surface area contributed by atoms with Gasteiger partial charge in [0.15, 0.2) is 5.78 Å². The summed E-state index contributed by atoms with van der Waals surface area (Å²) in [7, 11) is 0. The molecule has 0 aliphatic heterocycles. The Morgan fingerprint density at radius 3 is 2.33 bits per heavy atom. The summed E-state index contributed by atoms with van der Waals surface area (Å²) in [4.78, 5) is 14.4. The summed E-state index contributed by atoms with van der Waals surface area (Å²) in [6, 6.07) is 5.56. The molecule has 1 aromatic rings. The second-order valence-electron chi connectivity index (χ2n) is 4.77. The van der Waals surface area contributed by atoms with E-state index < -0.39 is 0 Å². The molecule has 0 heterocycles. The van der Waals surface area contributed by atoms with Crippen LogP contribution < -0.4 is 5.73 Å². The van der Waals surface area contributed by atoms with Gasteiger partial charge in [-0.25, -0.2) is 0 Å². The third-order valence-electron chi connectivity index (χ3n) is 3.05. The average molecular weight is 248 g/mol. The predicted octanol–water partition coefficient (Wildman–Crippen LogP) is 2.88. The van der Waals surface area contributed by atoms with Crippen LogP contribution in [0.3, 0.4) is 0 Å². The number of hydrogen-bond donors (Lipinski definition) is 1. The van der Waals surface area contributed by atoms with Gasteiger partial charge in [-0.2, -0.15) is 0 Å². The van der Waals surface area contributed by atoms with Gasteiger partial charge in [0.25, 0.3) is 0 Å². The molecule has 0 radical (unpaired) electrons. The lowest BCUT2D eigenvalue weighted by Gasteiger charge is -2.20. The van der Waals surface area contributed by atoms with Crippen molar-refractivity contribution in [2.45, 2.75) is 33.6 Å². The molecule has 0 fully saturated rings. The minimum atomic E-state index is 0.156. The molecule has 0 saturated carbocycles. The topological polar surface area (TPSA) is 46.3 Å². The van der Waals surface area contributed by atoms with E-state index in [-0.39, 0.29) is 5.78 Å². The van der Waals surface area contributed by atoms with E-state index in [0.717, 1.165) is 37.1 Å². The molecule has 100 valence electrons. The molecule has 0 bridgehead atoms. The van der Waals surface area contributed by atoms with Crippen LogP contribution in [0.4, 0.5) is 5.69 Å². The van der Waals surface area contributed by atoms with Crippen LogP contribution in [0, 0.1) is 6.92 Å². The molecular formula is C15H24N2O. The molecule has 0 unspecified atom stereocenters. The van der Waals surface area contributed by atoms with Gasteiger partial charge in [0.1, 0.15) is 0 Å². The van der Waals surface area contributed by atoms with Crippen LogP contribution in [0.25, 0.3) is 0 Å². The Balaban J connectivity index is 2.70. The van der Waals surface area contributed by atoms with Crippen molar-refractivity contribution in [1.82, 2.24) is 4.90 Å². The molecule has 2 N–H and O–H groups in total. The average Bonchev–Trinajstić information content (AvgIpc) is 2.33. The fraction of sp³-hybridized carbons (Fsp3) is 0.533. The lowest BCUT2D eigenvalue weighted by atomic mass is 10.1. The van der Waals surface area contributed by atoms with Gasteiger partial charge in [0.05, 0.1) is 6.54 Å². The van der Waals surface area contributed by atoms with Gasteiger partial charge in [-0.15, -0.1) is 0 Å². The minimum Gasteiger partial charge on any atom is -0.398 e. The van der Waals surface area contributed by atoms with E-state index in [1.54, 1.807) is 6.07 Å². The van der Waals surface area contributed by atoms with Crippen LogP contribution in [0.2, 0.25) is 0 Å². The van der Waals surface area contributed by atoms with Gasteiger partial charge < -0.3 is 5.73 Å². The fourth-order valence-electron chi connectivity index (χ4n) is 2.01. The molecule has 0 aliphatic rings. The highest BCUT2D eigenvalue weighted by Crippen LogP contribution is 2.13. The van der Waals surface area contributed by atoms with Crippen molar-refractivity contribution in [2.75, 3.05) is 25.4 Å². The number of nitrogens with two attached hydrogens (primary N) is 1. The molecule has 3 heteroatoms.